The third kappa shape index (κ3) is 4.10. The van der Waals surface area contributed by atoms with Gasteiger partial charge >= 0.3 is 6.18 Å². The second-order valence-corrected chi connectivity index (χ2v) is 6.69. The molecule has 1 saturated heterocycles. The lowest BCUT2D eigenvalue weighted by molar-refractivity contribution is -0.189. The summed E-state index contributed by atoms with van der Waals surface area (Å²) in [4.78, 5) is 2.41. The van der Waals surface area contributed by atoms with Crippen molar-refractivity contribution in [3.8, 4) is 0 Å². The van der Waals surface area contributed by atoms with Crippen molar-refractivity contribution in [1.82, 2.24) is 10.2 Å². The predicted octanol–water partition coefficient (Wildman–Crippen LogP) is 3.43. The minimum absolute atomic E-state index is 0.296. The number of hydrogen-bond donors (Lipinski definition) is 1. The second kappa shape index (κ2) is 6.65. The number of nitrogens with one attached hydrogen (secondary N) is 1. The molecule has 1 aliphatic carbocycles. The van der Waals surface area contributed by atoms with Crippen molar-refractivity contribution in [3.05, 3.63) is 0 Å². The molecule has 20 heavy (non-hydrogen) atoms. The van der Waals surface area contributed by atoms with Crippen LogP contribution in [0, 0.1) is 11.8 Å². The van der Waals surface area contributed by atoms with E-state index >= 15 is 0 Å². The number of hydrogen-bond acceptors (Lipinski definition) is 2. The molecule has 0 bridgehead atoms. The maximum Gasteiger partial charge on any atom is 0.393 e. The number of alkyl halides is 3. The van der Waals surface area contributed by atoms with E-state index < -0.39 is 12.1 Å². The third-order valence-electron chi connectivity index (χ3n) is 4.90. The van der Waals surface area contributed by atoms with Crippen molar-refractivity contribution in [2.24, 2.45) is 11.8 Å². The van der Waals surface area contributed by atoms with Crippen LogP contribution < -0.4 is 5.32 Å². The zero-order valence-corrected chi connectivity index (χ0v) is 12.5. The fourth-order valence-electron chi connectivity index (χ4n) is 3.58. The van der Waals surface area contributed by atoms with Gasteiger partial charge in [-0.25, -0.2) is 0 Å². The average Bonchev–Trinajstić information content (AvgIpc) is 2.84. The van der Waals surface area contributed by atoms with E-state index in [1.54, 1.807) is 0 Å². The van der Waals surface area contributed by atoms with Crippen LogP contribution in [0.3, 0.4) is 0 Å². The highest BCUT2D eigenvalue weighted by Gasteiger charge is 2.45. The highest BCUT2D eigenvalue weighted by Crippen LogP contribution is 2.37. The van der Waals surface area contributed by atoms with Crippen LogP contribution in [-0.4, -0.2) is 42.8 Å². The molecule has 0 aromatic heterocycles. The molecular formula is C15H27F3N2. The van der Waals surface area contributed by atoms with E-state index in [2.05, 4.69) is 24.1 Å². The van der Waals surface area contributed by atoms with Crippen molar-refractivity contribution >= 4 is 0 Å². The summed E-state index contributed by atoms with van der Waals surface area (Å²) in [7, 11) is 0. The third-order valence-corrected chi connectivity index (χ3v) is 4.90. The van der Waals surface area contributed by atoms with E-state index in [9.17, 15) is 13.2 Å². The Hall–Kier alpha value is -0.290. The summed E-state index contributed by atoms with van der Waals surface area (Å²) in [5, 5.41) is 3.23. The fraction of sp³-hybridized carbons (Fsp3) is 1.00. The van der Waals surface area contributed by atoms with E-state index in [4.69, 9.17) is 0 Å². The Kier molecular flexibility index (Phi) is 5.35. The highest BCUT2D eigenvalue weighted by atomic mass is 19.4. The fourth-order valence-corrected chi connectivity index (χ4v) is 3.58. The van der Waals surface area contributed by atoms with Gasteiger partial charge in [-0.2, -0.15) is 13.2 Å². The Morgan fingerprint density at radius 1 is 1.15 bits per heavy atom. The van der Waals surface area contributed by atoms with Crippen LogP contribution in [0.5, 0.6) is 0 Å². The van der Waals surface area contributed by atoms with Crippen molar-refractivity contribution < 1.29 is 13.2 Å². The highest BCUT2D eigenvalue weighted by molar-refractivity contribution is 4.87. The van der Waals surface area contributed by atoms with Crippen LogP contribution in [0.25, 0.3) is 0 Å². The number of nitrogens with zero attached hydrogens (tertiary/aromatic N) is 1. The lowest BCUT2D eigenvalue weighted by atomic mass is 9.83. The van der Waals surface area contributed by atoms with Crippen molar-refractivity contribution in [3.63, 3.8) is 0 Å². The molecule has 2 fully saturated rings. The molecule has 2 rings (SSSR count). The molecule has 3 unspecified atom stereocenters. The smallest absolute Gasteiger partial charge is 0.313 e. The largest absolute Gasteiger partial charge is 0.393 e. The Morgan fingerprint density at radius 2 is 1.85 bits per heavy atom. The van der Waals surface area contributed by atoms with Crippen molar-refractivity contribution in [2.75, 3.05) is 19.6 Å². The van der Waals surface area contributed by atoms with E-state index in [0.29, 0.717) is 31.2 Å². The molecule has 2 nitrogen and oxygen atoms in total. The minimum atomic E-state index is -4.04. The van der Waals surface area contributed by atoms with Gasteiger partial charge in [0.05, 0.1) is 5.92 Å². The van der Waals surface area contributed by atoms with Gasteiger partial charge in [-0.15, -0.1) is 0 Å². The van der Waals surface area contributed by atoms with Gasteiger partial charge in [0.1, 0.15) is 0 Å². The number of halogens is 3. The quantitative estimate of drug-likeness (QED) is 0.854. The molecule has 0 radical (unpaired) electrons. The van der Waals surface area contributed by atoms with Gasteiger partial charge in [-0.3, -0.25) is 0 Å². The number of rotatable bonds is 4. The predicted molar refractivity (Wildman–Crippen MR) is 74.6 cm³/mol. The standard InChI is InChI=1S/C15H27F3N2/c1-11(2)20-8-7-12(10-20)9-19-14-6-4-3-5-13(14)15(16,17)18/h11-14,19H,3-10H2,1-2H3. The Morgan fingerprint density at radius 3 is 2.45 bits per heavy atom. The summed E-state index contributed by atoms with van der Waals surface area (Å²) in [6, 6.07) is 0.175. The van der Waals surface area contributed by atoms with Gasteiger partial charge < -0.3 is 10.2 Å². The zero-order valence-electron chi connectivity index (χ0n) is 12.5. The maximum atomic E-state index is 13.0. The first-order valence-electron chi connectivity index (χ1n) is 7.92. The van der Waals surface area contributed by atoms with Gasteiger partial charge in [0.25, 0.3) is 0 Å². The molecule has 118 valence electrons. The molecule has 0 aromatic carbocycles. The summed E-state index contributed by atoms with van der Waals surface area (Å²) in [6.07, 6.45) is -0.332. The van der Waals surface area contributed by atoms with Crippen LogP contribution in [0.15, 0.2) is 0 Å². The molecule has 1 N–H and O–H groups in total. The van der Waals surface area contributed by atoms with Crippen LogP contribution in [-0.2, 0) is 0 Å². The molecule has 1 saturated carbocycles. The van der Waals surface area contributed by atoms with Crippen LogP contribution in [0.2, 0.25) is 0 Å². The molecule has 2 aliphatic rings. The average molecular weight is 292 g/mol. The molecule has 0 spiro atoms. The molecule has 1 aliphatic heterocycles. The van der Waals surface area contributed by atoms with Gasteiger partial charge in [0.2, 0.25) is 0 Å². The van der Waals surface area contributed by atoms with Gasteiger partial charge in [0, 0.05) is 18.6 Å². The zero-order chi connectivity index (χ0) is 14.8. The monoisotopic (exact) mass is 292 g/mol. The molecule has 5 heteroatoms. The first-order chi connectivity index (χ1) is 9.38. The van der Waals surface area contributed by atoms with Gasteiger partial charge in [0.15, 0.2) is 0 Å². The molecule has 0 aromatic rings. The van der Waals surface area contributed by atoms with Gasteiger partial charge in [-0.05, 0) is 52.1 Å². The topological polar surface area (TPSA) is 15.3 Å². The minimum Gasteiger partial charge on any atom is -0.313 e. The second-order valence-electron chi connectivity index (χ2n) is 6.69. The summed E-state index contributed by atoms with van der Waals surface area (Å²) >= 11 is 0. The maximum absolute atomic E-state index is 13.0. The van der Waals surface area contributed by atoms with Crippen molar-refractivity contribution in [1.29, 1.82) is 0 Å². The first-order valence-corrected chi connectivity index (χ1v) is 7.92. The summed E-state index contributed by atoms with van der Waals surface area (Å²) in [6.45, 7) is 7.19. The summed E-state index contributed by atoms with van der Waals surface area (Å²) < 4.78 is 39.0. The van der Waals surface area contributed by atoms with Crippen LogP contribution in [0.4, 0.5) is 13.2 Å². The van der Waals surface area contributed by atoms with Crippen LogP contribution in [0.1, 0.15) is 46.0 Å². The molecule has 0 amide bonds. The Bertz CT molecular complexity index is 304. The first kappa shape index (κ1) is 16.1. The van der Waals surface area contributed by atoms with E-state index in [0.717, 1.165) is 32.5 Å². The van der Waals surface area contributed by atoms with Crippen molar-refractivity contribution in [2.45, 2.75) is 64.2 Å². The Balaban J connectivity index is 1.80. The lowest BCUT2D eigenvalue weighted by Crippen LogP contribution is -2.47. The van der Waals surface area contributed by atoms with E-state index in [1.165, 1.54) is 0 Å². The SMILES string of the molecule is CC(C)N1CCC(CNC2CCCCC2C(F)(F)F)C1. The summed E-state index contributed by atoms with van der Waals surface area (Å²) in [5.41, 5.74) is 0. The summed E-state index contributed by atoms with van der Waals surface area (Å²) in [5.74, 6) is -0.632. The number of likely N-dealkylation sites (tertiary alicyclic amines) is 1. The van der Waals surface area contributed by atoms with E-state index in [1.807, 2.05) is 0 Å². The van der Waals surface area contributed by atoms with E-state index in [-0.39, 0.29) is 6.04 Å². The van der Waals surface area contributed by atoms with Crippen LogP contribution >= 0.6 is 0 Å². The lowest BCUT2D eigenvalue weighted by Gasteiger charge is -2.34. The normalized spacial score (nSPS) is 33.0. The molecular weight excluding hydrogens is 265 g/mol. The Labute approximate surface area is 120 Å². The van der Waals surface area contributed by atoms with Gasteiger partial charge in [-0.1, -0.05) is 12.8 Å². The molecule has 3 atom stereocenters. The molecule has 1 heterocycles.